The van der Waals surface area contributed by atoms with Crippen LogP contribution in [0.4, 0.5) is 4.39 Å². The molecule has 1 aromatic heterocycles. The molecular formula is C24H23FN4O6. The molecule has 0 radical (unpaired) electrons. The fourth-order valence-corrected chi connectivity index (χ4v) is 4.10. The van der Waals surface area contributed by atoms with E-state index in [1.165, 1.54) is 24.4 Å². The number of amides is 5. The van der Waals surface area contributed by atoms with Crippen LogP contribution in [0, 0.1) is 5.95 Å². The topological polar surface area (TPSA) is 135 Å². The SMILES string of the molecule is CC(NC(=O)CCCOc1cccc2c1C(=O)N(C1CCC(=O)NC1=O)C2=O)c1ccnc(F)c1. The van der Waals surface area contributed by atoms with Crippen LogP contribution in [0.3, 0.4) is 0 Å². The van der Waals surface area contributed by atoms with Crippen molar-refractivity contribution in [1.82, 2.24) is 20.5 Å². The van der Waals surface area contributed by atoms with Crippen LogP contribution in [0.2, 0.25) is 0 Å². The van der Waals surface area contributed by atoms with Gasteiger partial charge >= 0.3 is 0 Å². The molecule has 2 aromatic rings. The van der Waals surface area contributed by atoms with Crippen molar-refractivity contribution in [3.63, 3.8) is 0 Å². The molecule has 2 atom stereocenters. The van der Waals surface area contributed by atoms with Crippen molar-refractivity contribution in [3.05, 3.63) is 59.2 Å². The van der Waals surface area contributed by atoms with Crippen LogP contribution >= 0.6 is 0 Å². The first-order valence-electron chi connectivity index (χ1n) is 11.1. The minimum absolute atomic E-state index is 0.0317. The summed E-state index contributed by atoms with van der Waals surface area (Å²) in [6.07, 6.45) is 1.87. The normalized spacial score (nSPS) is 18.2. The number of carbonyl (C=O) groups excluding carboxylic acids is 5. The van der Waals surface area contributed by atoms with Gasteiger partial charge in [0.1, 0.15) is 11.8 Å². The summed E-state index contributed by atoms with van der Waals surface area (Å²) < 4.78 is 19.0. The Labute approximate surface area is 199 Å². The maximum Gasteiger partial charge on any atom is 0.266 e. The first kappa shape index (κ1) is 24.0. The van der Waals surface area contributed by atoms with E-state index in [-0.39, 0.29) is 48.7 Å². The Hall–Kier alpha value is -4.15. The summed E-state index contributed by atoms with van der Waals surface area (Å²) in [6, 6.07) is 5.98. The lowest BCUT2D eigenvalue weighted by Gasteiger charge is -2.27. The summed E-state index contributed by atoms with van der Waals surface area (Å²) in [7, 11) is 0. The number of imide groups is 2. The van der Waals surface area contributed by atoms with Crippen molar-refractivity contribution in [2.45, 2.75) is 44.7 Å². The number of ether oxygens (including phenoxy) is 1. The molecule has 4 rings (SSSR count). The number of aromatic nitrogens is 1. The van der Waals surface area contributed by atoms with Gasteiger partial charge in [-0.25, -0.2) is 4.98 Å². The van der Waals surface area contributed by atoms with Crippen LogP contribution in [0.25, 0.3) is 0 Å². The van der Waals surface area contributed by atoms with Crippen molar-refractivity contribution in [1.29, 1.82) is 0 Å². The molecule has 3 heterocycles. The Morgan fingerprint density at radius 1 is 1.26 bits per heavy atom. The van der Waals surface area contributed by atoms with E-state index in [0.29, 0.717) is 12.0 Å². The first-order chi connectivity index (χ1) is 16.8. The van der Waals surface area contributed by atoms with Gasteiger partial charge in [-0.05, 0) is 49.6 Å². The highest BCUT2D eigenvalue weighted by Gasteiger charge is 2.45. The summed E-state index contributed by atoms with van der Waals surface area (Å²) in [6.45, 7) is 1.83. The van der Waals surface area contributed by atoms with E-state index in [2.05, 4.69) is 15.6 Å². The van der Waals surface area contributed by atoms with E-state index in [4.69, 9.17) is 4.74 Å². The molecule has 0 aliphatic carbocycles. The number of nitrogens with one attached hydrogen (secondary N) is 2. The third-order valence-electron chi connectivity index (χ3n) is 5.86. The zero-order valence-electron chi connectivity index (χ0n) is 18.9. The summed E-state index contributed by atoms with van der Waals surface area (Å²) in [4.78, 5) is 66.1. The van der Waals surface area contributed by atoms with Gasteiger partial charge in [0.15, 0.2) is 0 Å². The minimum Gasteiger partial charge on any atom is -0.493 e. The third kappa shape index (κ3) is 5.03. The number of benzene rings is 1. The van der Waals surface area contributed by atoms with Gasteiger partial charge < -0.3 is 10.1 Å². The molecule has 0 bridgehead atoms. The highest BCUT2D eigenvalue weighted by atomic mass is 19.1. The van der Waals surface area contributed by atoms with E-state index in [9.17, 15) is 28.4 Å². The second-order valence-corrected chi connectivity index (χ2v) is 8.28. The average Bonchev–Trinajstić information content (AvgIpc) is 3.07. The Kier molecular flexibility index (Phi) is 6.85. The van der Waals surface area contributed by atoms with Crippen molar-refractivity contribution in [3.8, 4) is 5.75 Å². The van der Waals surface area contributed by atoms with Gasteiger partial charge in [0.25, 0.3) is 11.8 Å². The van der Waals surface area contributed by atoms with Gasteiger partial charge in [0.05, 0.1) is 23.8 Å². The first-order valence-corrected chi connectivity index (χ1v) is 11.1. The van der Waals surface area contributed by atoms with Gasteiger partial charge in [0.2, 0.25) is 23.7 Å². The van der Waals surface area contributed by atoms with Gasteiger partial charge in [-0.15, -0.1) is 0 Å². The Morgan fingerprint density at radius 2 is 2.06 bits per heavy atom. The molecule has 0 spiro atoms. The summed E-state index contributed by atoms with van der Waals surface area (Å²) >= 11 is 0. The number of nitrogens with zero attached hydrogens (tertiary/aromatic N) is 2. The van der Waals surface area contributed by atoms with Crippen molar-refractivity contribution < 1.29 is 33.1 Å². The minimum atomic E-state index is -1.06. The molecule has 2 N–H and O–H groups in total. The summed E-state index contributed by atoms with van der Waals surface area (Å²) in [5.41, 5.74) is 0.763. The highest BCUT2D eigenvalue weighted by molar-refractivity contribution is 6.24. The molecule has 182 valence electrons. The van der Waals surface area contributed by atoms with Gasteiger partial charge in [-0.1, -0.05) is 6.07 Å². The predicted molar refractivity (Wildman–Crippen MR) is 119 cm³/mol. The van der Waals surface area contributed by atoms with Crippen molar-refractivity contribution in [2.75, 3.05) is 6.61 Å². The van der Waals surface area contributed by atoms with Crippen molar-refractivity contribution in [2.24, 2.45) is 0 Å². The molecule has 11 heteroatoms. The molecule has 1 aromatic carbocycles. The number of carbonyl (C=O) groups is 5. The Bertz CT molecular complexity index is 1220. The Balaban J connectivity index is 1.34. The van der Waals surface area contributed by atoms with E-state index >= 15 is 0 Å². The van der Waals surface area contributed by atoms with E-state index in [0.717, 1.165) is 4.90 Å². The molecule has 1 fully saturated rings. The lowest BCUT2D eigenvalue weighted by molar-refractivity contribution is -0.136. The fraction of sp³-hybridized carbons (Fsp3) is 0.333. The van der Waals surface area contributed by atoms with Crippen LogP contribution < -0.4 is 15.4 Å². The number of hydrogen-bond donors (Lipinski definition) is 2. The number of piperidine rings is 1. The van der Waals surface area contributed by atoms with Gasteiger partial charge in [-0.2, -0.15) is 4.39 Å². The molecule has 2 unspecified atom stereocenters. The Morgan fingerprint density at radius 3 is 2.80 bits per heavy atom. The lowest BCUT2D eigenvalue weighted by Crippen LogP contribution is -2.54. The second-order valence-electron chi connectivity index (χ2n) is 8.28. The molecule has 10 nitrogen and oxygen atoms in total. The zero-order valence-corrected chi connectivity index (χ0v) is 18.9. The molecule has 2 aliphatic rings. The number of halogens is 1. The van der Waals surface area contributed by atoms with E-state index < -0.39 is 41.7 Å². The average molecular weight is 482 g/mol. The van der Waals surface area contributed by atoms with Gasteiger partial charge in [-0.3, -0.25) is 34.2 Å². The largest absolute Gasteiger partial charge is 0.493 e. The second kappa shape index (κ2) is 10.00. The van der Waals surface area contributed by atoms with Crippen LogP contribution in [-0.2, 0) is 14.4 Å². The maximum atomic E-state index is 13.3. The zero-order chi connectivity index (χ0) is 25.1. The standard InChI is InChI=1S/C24H23FN4O6/c1-13(14-9-10-26-18(25)12-14)27-19(30)6-3-11-35-17-5-2-4-15-21(17)24(34)29(23(15)33)16-7-8-20(31)28-22(16)32/h2,4-5,9-10,12-13,16H,3,6-8,11H2,1H3,(H,27,30)(H,28,31,32). The fourth-order valence-electron chi connectivity index (χ4n) is 4.10. The van der Waals surface area contributed by atoms with Crippen molar-refractivity contribution >= 4 is 29.5 Å². The van der Waals surface area contributed by atoms with Crippen LogP contribution in [0.5, 0.6) is 5.75 Å². The lowest BCUT2D eigenvalue weighted by atomic mass is 10.0. The molecule has 5 amide bonds. The monoisotopic (exact) mass is 482 g/mol. The highest BCUT2D eigenvalue weighted by Crippen LogP contribution is 2.33. The molecule has 1 saturated heterocycles. The smallest absolute Gasteiger partial charge is 0.266 e. The number of fused-ring (bicyclic) bond motifs is 1. The van der Waals surface area contributed by atoms with Crippen LogP contribution in [-0.4, -0.2) is 52.1 Å². The number of pyridine rings is 1. The van der Waals surface area contributed by atoms with E-state index in [1.54, 1.807) is 19.1 Å². The maximum absolute atomic E-state index is 13.3. The summed E-state index contributed by atoms with van der Waals surface area (Å²) in [5, 5.41) is 4.92. The number of rotatable bonds is 8. The number of hydrogen-bond acceptors (Lipinski definition) is 7. The van der Waals surface area contributed by atoms with Crippen LogP contribution in [0.1, 0.15) is 64.9 Å². The van der Waals surface area contributed by atoms with Crippen LogP contribution in [0.15, 0.2) is 36.5 Å². The van der Waals surface area contributed by atoms with E-state index in [1.807, 2.05) is 0 Å². The molecule has 2 aliphatic heterocycles. The summed E-state index contributed by atoms with van der Waals surface area (Å²) in [5.74, 6) is -3.12. The molecular weight excluding hydrogens is 459 g/mol. The molecule has 0 saturated carbocycles. The predicted octanol–water partition coefficient (Wildman–Crippen LogP) is 1.66. The quantitative estimate of drug-likeness (QED) is 0.332. The molecule has 35 heavy (non-hydrogen) atoms. The van der Waals surface area contributed by atoms with Gasteiger partial charge in [0, 0.05) is 19.0 Å². The third-order valence-corrected chi connectivity index (χ3v) is 5.86.